The van der Waals surface area contributed by atoms with Crippen molar-refractivity contribution < 1.29 is 4.79 Å². The van der Waals surface area contributed by atoms with Gasteiger partial charge in [-0.3, -0.25) is 4.79 Å². The highest BCUT2D eigenvalue weighted by Crippen LogP contribution is 2.28. The van der Waals surface area contributed by atoms with E-state index in [2.05, 4.69) is 10.3 Å². The molecule has 0 saturated heterocycles. The van der Waals surface area contributed by atoms with Gasteiger partial charge in [-0.1, -0.05) is 47.6 Å². The molecule has 1 heterocycles. The van der Waals surface area contributed by atoms with Crippen molar-refractivity contribution in [3.8, 4) is 0 Å². The van der Waals surface area contributed by atoms with E-state index in [0.29, 0.717) is 21.3 Å². The Morgan fingerprint density at radius 3 is 2.61 bits per heavy atom. The second kappa shape index (κ2) is 7.31. The molecule has 0 saturated carbocycles. The second-order valence-corrected chi connectivity index (χ2v) is 6.23. The molecule has 3 nitrogen and oxygen atoms in total. The van der Waals surface area contributed by atoms with Crippen LogP contribution in [0.4, 0.5) is 5.69 Å². The smallest absolute Gasteiger partial charge is 0.258 e. The second-order valence-electron chi connectivity index (χ2n) is 4.74. The predicted molar refractivity (Wildman–Crippen MR) is 94.2 cm³/mol. The molecule has 1 amide bonds. The van der Waals surface area contributed by atoms with Crippen LogP contribution >= 0.6 is 23.4 Å². The first-order valence-corrected chi connectivity index (χ1v) is 8.17. The van der Waals surface area contributed by atoms with Crippen molar-refractivity contribution in [3.05, 3.63) is 83.5 Å². The molecule has 114 valence electrons. The largest absolute Gasteiger partial charge is 0.322 e. The minimum absolute atomic E-state index is 0.209. The normalized spacial score (nSPS) is 10.3. The molecule has 0 fully saturated rings. The van der Waals surface area contributed by atoms with Crippen LogP contribution in [0.1, 0.15) is 10.4 Å². The summed E-state index contributed by atoms with van der Waals surface area (Å²) in [6.07, 6.45) is 1.68. The van der Waals surface area contributed by atoms with Crippen LogP contribution in [0.15, 0.2) is 82.8 Å². The van der Waals surface area contributed by atoms with Crippen molar-refractivity contribution in [2.75, 3.05) is 5.32 Å². The van der Waals surface area contributed by atoms with Crippen LogP contribution in [-0.2, 0) is 0 Å². The maximum Gasteiger partial charge on any atom is 0.258 e. The van der Waals surface area contributed by atoms with E-state index >= 15 is 0 Å². The zero-order chi connectivity index (χ0) is 16.1. The van der Waals surface area contributed by atoms with Gasteiger partial charge in [-0.2, -0.15) is 0 Å². The summed E-state index contributed by atoms with van der Waals surface area (Å²) in [6.45, 7) is 0. The van der Waals surface area contributed by atoms with Crippen molar-refractivity contribution >= 4 is 35.0 Å². The minimum Gasteiger partial charge on any atom is -0.322 e. The molecule has 0 aliphatic heterocycles. The molecule has 0 aliphatic rings. The third-order valence-electron chi connectivity index (χ3n) is 3.06. The molecule has 0 unspecified atom stereocenters. The van der Waals surface area contributed by atoms with Gasteiger partial charge in [0, 0.05) is 21.8 Å². The number of halogens is 1. The van der Waals surface area contributed by atoms with Gasteiger partial charge in [0.2, 0.25) is 0 Å². The lowest BCUT2D eigenvalue weighted by atomic mass is 10.2. The van der Waals surface area contributed by atoms with E-state index in [-0.39, 0.29) is 5.91 Å². The van der Waals surface area contributed by atoms with Gasteiger partial charge >= 0.3 is 0 Å². The molecule has 0 atom stereocenters. The molecular weight excluding hydrogens is 328 g/mol. The number of hydrogen-bond acceptors (Lipinski definition) is 3. The summed E-state index contributed by atoms with van der Waals surface area (Å²) in [7, 11) is 0. The van der Waals surface area contributed by atoms with Crippen LogP contribution < -0.4 is 5.32 Å². The van der Waals surface area contributed by atoms with E-state index < -0.39 is 0 Å². The Kier molecular flexibility index (Phi) is 4.95. The Morgan fingerprint density at radius 2 is 1.83 bits per heavy atom. The van der Waals surface area contributed by atoms with Gasteiger partial charge in [-0.15, -0.1) is 0 Å². The Balaban J connectivity index is 1.83. The molecule has 1 aromatic heterocycles. The first-order valence-electron chi connectivity index (χ1n) is 6.97. The van der Waals surface area contributed by atoms with Crippen molar-refractivity contribution in [1.82, 2.24) is 4.98 Å². The highest BCUT2D eigenvalue weighted by atomic mass is 35.5. The highest BCUT2D eigenvalue weighted by Gasteiger charge is 2.13. The lowest BCUT2D eigenvalue weighted by molar-refractivity contribution is 0.102. The van der Waals surface area contributed by atoms with Gasteiger partial charge < -0.3 is 5.32 Å². The molecular formula is C18H13ClN2OS. The predicted octanol–water partition coefficient (Wildman–Crippen LogP) is 5.14. The molecule has 0 bridgehead atoms. The van der Waals surface area contributed by atoms with E-state index in [0.717, 1.165) is 4.90 Å². The molecule has 5 heteroatoms. The van der Waals surface area contributed by atoms with Crippen molar-refractivity contribution in [2.45, 2.75) is 9.92 Å². The summed E-state index contributed by atoms with van der Waals surface area (Å²) >= 11 is 7.40. The number of pyridine rings is 1. The highest BCUT2D eigenvalue weighted by molar-refractivity contribution is 7.99. The van der Waals surface area contributed by atoms with Crippen LogP contribution in [0.3, 0.4) is 0 Å². The van der Waals surface area contributed by atoms with Gasteiger partial charge in [-0.25, -0.2) is 4.98 Å². The van der Waals surface area contributed by atoms with Crippen LogP contribution in [0.2, 0.25) is 5.02 Å². The van der Waals surface area contributed by atoms with Gasteiger partial charge in [0.05, 0.1) is 5.56 Å². The molecule has 0 spiro atoms. The Hall–Kier alpha value is -2.30. The quantitative estimate of drug-likeness (QED) is 0.715. The fourth-order valence-electron chi connectivity index (χ4n) is 2.01. The van der Waals surface area contributed by atoms with Crippen LogP contribution in [0.25, 0.3) is 0 Å². The van der Waals surface area contributed by atoms with E-state index in [1.165, 1.54) is 11.8 Å². The van der Waals surface area contributed by atoms with E-state index in [9.17, 15) is 4.79 Å². The summed E-state index contributed by atoms with van der Waals surface area (Å²) in [5, 5.41) is 4.09. The number of carbonyl (C=O) groups excluding carboxylic acids is 1. The molecule has 3 rings (SSSR count). The lowest BCUT2D eigenvalue weighted by Gasteiger charge is -2.09. The number of hydrogen-bond donors (Lipinski definition) is 1. The number of anilines is 1. The molecule has 23 heavy (non-hydrogen) atoms. The first kappa shape index (κ1) is 15.6. The first-order chi connectivity index (χ1) is 11.2. The zero-order valence-electron chi connectivity index (χ0n) is 12.1. The molecule has 3 aromatic rings. The Morgan fingerprint density at radius 1 is 1.00 bits per heavy atom. The number of amides is 1. The average molecular weight is 341 g/mol. The molecule has 0 aliphatic carbocycles. The topological polar surface area (TPSA) is 42.0 Å². The summed E-state index contributed by atoms with van der Waals surface area (Å²) in [5.74, 6) is -0.209. The van der Waals surface area contributed by atoms with Gasteiger partial charge in [-0.05, 0) is 42.5 Å². The average Bonchev–Trinajstić information content (AvgIpc) is 2.56. The number of nitrogens with zero attached hydrogens (tertiary/aromatic N) is 1. The number of carbonyl (C=O) groups is 1. The fraction of sp³-hybridized carbons (Fsp3) is 0. The zero-order valence-corrected chi connectivity index (χ0v) is 13.6. The maximum absolute atomic E-state index is 12.5. The summed E-state index contributed by atoms with van der Waals surface area (Å²) < 4.78 is 0. The SMILES string of the molecule is O=C(Nc1cccc(Cl)c1)c1cccnc1Sc1ccccc1. The van der Waals surface area contributed by atoms with Gasteiger partial charge in [0.1, 0.15) is 5.03 Å². The third-order valence-corrected chi connectivity index (χ3v) is 4.32. The summed E-state index contributed by atoms with van der Waals surface area (Å²) in [4.78, 5) is 17.9. The van der Waals surface area contributed by atoms with Crippen molar-refractivity contribution in [3.63, 3.8) is 0 Å². The van der Waals surface area contributed by atoms with Crippen LogP contribution in [0.5, 0.6) is 0 Å². The van der Waals surface area contributed by atoms with Gasteiger partial charge in [0.25, 0.3) is 5.91 Å². The van der Waals surface area contributed by atoms with E-state index in [4.69, 9.17) is 11.6 Å². The standard InChI is InChI=1S/C18H13ClN2OS/c19-13-6-4-7-14(12-13)21-17(22)16-10-5-11-20-18(16)23-15-8-2-1-3-9-15/h1-12H,(H,21,22). The summed E-state index contributed by atoms with van der Waals surface area (Å²) in [5.41, 5.74) is 1.18. The van der Waals surface area contributed by atoms with Crippen LogP contribution in [-0.4, -0.2) is 10.9 Å². The number of rotatable bonds is 4. The van der Waals surface area contributed by atoms with E-state index in [1.807, 2.05) is 30.3 Å². The summed E-state index contributed by atoms with van der Waals surface area (Å²) in [6, 6.07) is 20.4. The number of nitrogens with one attached hydrogen (secondary N) is 1. The Bertz CT molecular complexity index is 824. The van der Waals surface area contributed by atoms with Gasteiger partial charge in [0.15, 0.2) is 0 Å². The number of aromatic nitrogens is 1. The van der Waals surface area contributed by atoms with E-state index in [1.54, 1.807) is 42.6 Å². The fourth-order valence-corrected chi connectivity index (χ4v) is 3.10. The minimum atomic E-state index is -0.209. The Labute approximate surface area is 143 Å². The molecule has 1 N–H and O–H groups in total. The molecule has 0 radical (unpaired) electrons. The lowest BCUT2D eigenvalue weighted by Crippen LogP contribution is -2.13. The van der Waals surface area contributed by atoms with Crippen molar-refractivity contribution in [2.24, 2.45) is 0 Å². The molecule has 2 aromatic carbocycles. The van der Waals surface area contributed by atoms with Crippen molar-refractivity contribution in [1.29, 1.82) is 0 Å². The van der Waals surface area contributed by atoms with Crippen LogP contribution in [0, 0.1) is 0 Å². The third kappa shape index (κ3) is 4.12. The monoisotopic (exact) mass is 340 g/mol. The maximum atomic E-state index is 12.5. The number of benzene rings is 2.